The van der Waals surface area contributed by atoms with Crippen LogP contribution in [0.2, 0.25) is 0 Å². The minimum atomic E-state index is -0.739. The van der Waals surface area contributed by atoms with Gasteiger partial charge < -0.3 is 11.1 Å². The molecule has 1 fully saturated rings. The average molecular weight is 202 g/mol. The number of anilines is 1. The maximum atomic E-state index is 11.8. The van der Waals surface area contributed by atoms with E-state index in [0.29, 0.717) is 6.42 Å². The molecule has 2 unspecified atom stereocenters. The van der Waals surface area contributed by atoms with Crippen LogP contribution in [0.5, 0.6) is 0 Å². The molecule has 0 spiro atoms. The van der Waals surface area contributed by atoms with Crippen LogP contribution in [0.4, 0.5) is 5.69 Å². The summed E-state index contributed by atoms with van der Waals surface area (Å²) in [6.45, 7) is 3.65. The Morgan fingerprint density at radius 2 is 2.20 bits per heavy atom. The summed E-state index contributed by atoms with van der Waals surface area (Å²) in [6.07, 6.45) is 2.43. The molecule has 0 bridgehead atoms. The molecule has 15 heavy (non-hydrogen) atoms. The second-order valence-corrected chi connectivity index (χ2v) is 3.91. The molecule has 0 heterocycles. The van der Waals surface area contributed by atoms with Crippen LogP contribution in [0.1, 0.15) is 6.42 Å². The first-order valence-electron chi connectivity index (χ1n) is 4.95. The van der Waals surface area contributed by atoms with Gasteiger partial charge in [0, 0.05) is 11.6 Å². The van der Waals surface area contributed by atoms with Gasteiger partial charge in [0.25, 0.3) is 0 Å². The normalized spacial score (nSPS) is 28.2. The summed E-state index contributed by atoms with van der Waals surface area (Å²) in [4.78, 5) is 11.8. The Bertz CT molecular complexity index is 388. The van der Waals surface area contributed by atoms with E-state index in [1.54, 1.807) is 6.08 Å². The molecule has 1 saturated carbocycles. The molecule has 1 aromatic carbocycles. The van der Waals surface area contributed by atoms with Crippen molar-refractivity contribution in [2.24, 2.45) is 11.7 Å². The Balaban J connectivity index is 2.03. The summed E-state index contributed by atoms with van der Waals surface area (Å²) in [5.74, 6) is -0.0141. The van der Waals surface area contributed by atoms with Crippen molar-refractivity contribution in [2.45, 2.75) is 12.0 Å². The Hall–Kier alpha value is -1.61. The highest BCUT2D eigenvalue weighted by atomic mass is 16.2. The number of carbonyl (C=O) groups excluding carboxylic acids is 1. The number of para-hydroxylation sites is 1. The van der Waals surface area contributed by atoms with E-state index in [2.05, 4.69) is 11.9 Å². The fourth-order valence-electron chi connectivity index (χ4n) is 1.63. The molecule has 3 nitrogen and oxygen atoms in total. The van der Waals surface area contributed by atoms with Crippen molar-refractivity contribution in [1.29, 1.82) is 0 Å². The van der Waals surface area contributed by atoms with Crippen LogP contribution in [0.15, 0.2) is 43.0 Å². The van der Waals surface area contributed by atoms with Gasteiger partial charge in [-0.3, -0.25) is 4.79 Å². The van der Waals surface area contributed by atoms with Gasteiger partial charge in [-0.05, 0) is 18.6 Å². The van der Waals surface area contributed by atoms with E-state index < -0.39 is 5.54 Å². The summed E-state index contributed by atoms with van der Waals surface area (Å²) >= 11 is 0. The molecule has 0 aliphatic heterocycles. The van der Waals surface area contributed by atoms with Gasteiger partial charge in [-0.1, -0.05) is 24.3 Å². The van der Waals surface area contributed by atoms with Gasteiger partial charge in [-0.25, -0.2) is 0 Å². The standard InChI is InChI=1S/C12H14N2O/c1-2-9-8-12(9,13)11(15)14-10-6-4-3-5-7-10/h2-7,9H,1,8,13H2,(H,14,15). The Kier molecular flexibility index (Phi) is 2.32. The highest BCUT2D eigenvalue weighted by molar-refractivity contribution is 6.00. The van der Waals surface area contributed by atoms with E-state index in [9.17, 15) is 4.79 Å². The van der Waals surface area contributed by atoms with Gasteiger partial charge in [-0.2, -0.15) is 0 Å². The first kappa shape index (κ1) is 9.93. The molecule has 1 amide bonds. The zero-order chi connectivity index (χ0) is 10.9. The minimum Gasteiger partial charge on any atom is -0.324 e. The molecule has 1 aromatic rings. The van der Waals surface area contributed by atoms with Crippen LogP contribution in [0, 0.1) is 5.92 Å². The molecule has 0 radical (unpaired) electrons. The molecule has 0 aromatic heterocycles. The fourth-order valence-corrected chi connectivity index (χ4v) is 1.63. The average Bonchev–Trinajstić information content (AvgIpc) is 2.93. The van der Waals surface area contributed by atoms with Gasteiger partial charge in [0.1, 0.15) is 5.54 Å². The zero-order valence-corrected chi connectivity index (χ0v) is 8.44. The predicted molar refractivity (Wildman–Crippen MR) is 60.3 cm³/mol. The van der Waals surface area contributed by atoms with Gasteiger partial charge in [0.15, 0.2) is 0 Å². The molecule has 2 atom stereocenters. The molecule has 1 aliphatic carbocycles. The summed E-state index contributed by atoms with van der Waals surface area (Å²) in [6, 6.07) is 9.32. The Morgan fingerprint density at radius 3 is 2.73 bits per heavy atom. The van der Waals surface area contributed by atoms with Crippen molar-refractivity contribution in [3.8, 4) is 0 Å². The molecule has 3 heteroatoms. The van der Waals surface area contributed by atoms with Crippen molar-refractivity contribution in [3.63, 3.8) is 0 Å². The van der Waals surface area contributed by atoms with Crippen molar-refractivity contribution < 1.29 is 4.79 Å². The van der Waals surface area contributed by atoms with Crippen molar-refractivity contribution in [3.05, 3.63) is 43.0 Å². The third kappa shape index (κ3) is 1.78. The first-order chi connectivity index (χ1) is 7.16. The molecule has 2 rings (SSSR count). The smallest absolute Gasteiger partial charge is 0.245 e. The van der Waals surface area contributed by atoms with Crippen molar-refractivity contribution in [2.75, 3.05) is 5.32 Å². The molecular weight excluding hydrogens is 188 g/mol. The number of nitrogens with one attached hydrogen (secondary N) is 1. The number of hydrogen-bond acceptors (Lipinski definition) is 2. The van der Waals surface area contributed by atoms with Crippen LogP contribution < -0.4 is 11.1 Å². The van der Waals surface area contributed by atoms with E-state index >= 15 is 0 Å². The third-order valence-corrected chi connectivity index (χ3v) is 2.80. The van der Waals surface area contributed by atoms with Crippen LogP contribution in [0.25, 0.3) is 0 Å². The number of nitrogens with two attached hydrogens (primary N) is 1. The monoisotopic (exact) mass is 202 g/mol. The molecular formula is C12H14N2O. The van der Waals surface area contributed by atoms with Crippen molar-refractivity contribution >= 4 is 11.6 Å². The number of rotatable bonds is 3. The summed E-state index contributed by atoms with van der Waals surface area (Å²) < 4.78 is 0. The zero-order valence-electron chi connectivity index (χ0n) is 8.44. The van der Waals surface area contributed by atoms with Crippen molar-refractivity contribution in [1.82, 2.24) is 0 Å². The maximum absolute atomic E-state index is 11.8. The highest BCUT2D eigenvalue weighted by Gasteiger charge is 2.55. The fraction of sp³-hybridized carbons (Fsp3) is 0.250. The lowest BCUT2D eigenvalue weighted by Crippen LogP contribution is -2.39. The first-order valence-corrected chi connectivity index (χ1v) is 4.95. The van der Waals surface area contributed by atoms with Crippen LogP contribution in [0.3, 0.4) is 0 Å². The third-order valence-electron chi connectivity index (χ3n) is 2.80. The number of carbonyl (C=O) groups is 1. The Morgan fingerprint density at radius 1 is 1.53 bits per heavy atom. The van der Waals surface area contributed by atoms with Gasteiger partial charge in [0.2, 0.25) is 5.91 Å². The SMILES string of the molecule is C=CC1CC1(N)C(=O)Nc1ccccc1. The lowest BCUT2D eigenvalue weighted by atomic mass is 10.2. The van der Waals surface area contributed by atoms with E-state index in [4.69, 9.17) is 5.73 Å². The predicted octanol–water partition coefficient (Wildman–Crippen LogP) is 1.53. The second-order valence-electron chi connectivity index (χ2n) is 3.91. The van der Waals surface area contributed by atoms with Crippen LogP contribution in [-0.4, -0.2) is 11.4 Å². The van der Waals surface area contributed by atoms with Crippen LogP contribution in [-0.2, 0) is 4.79 Å². The van der Waals surface area contributed by atoms with E-state index in [1.807, 2.05) is 30.3 Å². The van der Waals surface area contributed by atoms with E-state index in [0.717, 1.165) is 5.69 Å². The summed E-state index contributed by atoms with van der Waals surface area (Å²) in [5, 5.41) is 2.80. The van der Waals surface area contributed by atoms with E-state index in [1.165, 1.54) is 0 Å². The molecule has 3 N–H and O–H groups in total. The van der Waals surface area contributed by atoms with E-state index in [-0.39, 0.29) is 11.8 Å². The van der Waals surface area contributed by atoms with Gasteiger partial charge >= 0.3 is 0 Å². The highest BCUT2D eigenvalue weighted by Crippen LogP contribution is 2.42. The van der Waals surface area contributed by atoms with Gasteiger partial charge in [-0.15, -0.1) is 6.58 Å². The molecule has 1 aliphatic rings. The molecule has 0 saturated heterocycles. The van der Waals surface area contributed by atoms with Crippen LogP contribution >= 0.6 is 0 Å². The number of amides is 1. The lowest BCUT2D eigenvalue weighted by molar-refractivity contribution is -0.118. The number of benzene rings is 1. The topological polar surface area (TPSA) is 55.1 Å². The largest absolute Gasteiger partial charge is 0.324 e. The minimum absolute atomic E-state index is 0.112. The summed E-state index contributed by atoms with van der Waals surface area (Å²) in [7, 11) is 0. The quantitative estimate of drug-likeness (QED) is 0.730. The lowest BCUT2D eigenvalue weighted by Gasteiger charge is -2.10. The maximum Gasteiger partial charge on any atom is 0.245 e. The summed E-state index contributed by atoms with van der Waals surface area (Å²) in [5.41, 5.74) is 5.95. The number of hydrogen-bond donors (Lipinski definition) is 2. The van der Waals surface area contributed by atoms with Gasteiger partial charge in [0.05, 0.1) is 0 Å². The second kappa shape index (κ2) is 3.51. The Labute approximate surface area is 89.0 Å². The molecule has 78 valence electrons.